The van der Waals surface area contributed by atoms with E-state index in [2.05, 4.69) is 10.6 Å². The van der Waals surface area contributed by atoms with Gasteiger partial charge in [-0.25, -0.2) is 0 Å². The standard InChI is InChI=1S/C24H23ClN2O4/c1-29-17-6-8-20(30-2)18(15-17)23(28)26-12-9-24(10-13-26)22-4-3-11-27(22)19-7-5-16(25)14-21(19)31-24/h3-8,11,14-15H,9-10,12-13H2,1-2H3. The topological polar surface area (TPSA) is 52.9 Å². The van der Waals surface area contributed by atoms with E-state index in [4.69, 9.17) is 25.8 Å². The molecule has 2 aliphatic rings. The van der Waals surface area contributed by atoms with Crippen LogP contribution in [0.2, 0.25) is 5.02 Å². The number of ether oxygens (including phenoxy) is 3. The molecule has 0 N–H and O–H groups in total. The van der Waals surface area contributed by atoms with Crippen LogP contribution in [-0.4, -0.2) is 42.7 Å². The maximum Gasteiger partial charge on any atom is 0.257 e. The first kappa shape index (κ1) is 19.8. The van der Waals surface area contributed by atoms with Gasteiger partial charge in [-0.05, 0) is 42.5 Å². The lowest BCUT2D eigenvalue weighted by atomic mass is 9.86. The van der Waals surface area contributed by atoms with E-state index >= 15 is 0 Å². The van der Waals surface area contributed by atoms with Crippen LogP contribution in [0.1, 0.15) is 28.9 Å². The van der Waals surface area contributed by atoms with Crippen molar-refractivity contribution in [1.29, 1.82) is 0 Å². The molecule has 1 saturated heterocycles. The highest BCUT2D eigenvalue weighted by Crippen LogP contribution is 2.46. The van der Waals surface area contributed by atoms with Gasteiger partial charge in [0.15, 0.2) is 5.60 Å². The number of carbonyl (C=O) groups excluding carboxylic acids is 1. The Labute approximate surface area is 185 Å². The van der Waals surface area contributed by atoms with Crippen LogP contribution < -0.4 is 14.2 Å². The molecule has 1 amide bonds. The summed E-state index contributed by atoms with van der Waals surface area (Å²) in [6.07, 6.45) is 3.41. The number of hydrogen-bond donors (Lipinski definition) is 0. The summed E-state index contributed by atoms with van der Waals surface area (Å²) in [4.78, 5) is 15.1. The van der Waals surface area contributed by atoms with Gasteiger partial charge in [0.05, 0.1) is 31.2 Å². The van der Waals surface area contributed by atoms with Crippen molar-refractivity contribution in [2.75, 3.05) is 27.3 Å². The Balaban J connectivity index is 1.42. The Hall–Kier alpha value is -3.12. The normalized spacial score (nSPS) is 16.3. The number of hydrogen-bond acceptors (Lipinski definition) is 4. The molecule has 1 fully saturated rings. The summed E-state index contributed by atoms with van der Waals surface area (Å²) >= 11 is 6.23. The Morgan fingerprint density at radius 3 is 2.61 bits per heavy atom. The number of methoxy groups -OCH3 is 2. The van der Waals surface area contributed by atoms with E-state index in [0.717, 1.165) is 17.1 Å². The van der Waals surface area contributed by atoms with E-state index < -0.39 is 5.60 Å². The number of piperidine rings is 1. The van der Waals surface area contributed by atoms with E-state index in [-0.39, 0.29) is 5.91 Å². The van der Waals surface area contributed by atoms with Crippen LogP contribution in [0.3, 0.4) is 0 Å². The van der Waals surface area contributed by atoms with Crippen LogP contribution in [0.4, 0.5) is 0 Å². The second-order valence-electron chi connectivity index (χ2n) is 7.83. The maximum absolute atomic E-state index is 13.3. The third-order valence-electron chi connectivity index (χ3n) is 6.20. The van der Waals surface area contributed by atoms with Gasteiger partial charge in [-0.3, -0.25) is 4.79 Å². The summed E-state index contributed by atoms with van der Waals surface area (Å²) < 4.78 is 19.4. The largest absolute Gasteiger partial charge is 0.497 e. The van der Waals surface area contributed by atoms with Crippen LogP contribution in [0.5, 0.6) is 17.2 Å². The molecule has 160 valence electrons. The zero-order valence-corrected chi connectivity index (χ0v) is 18.2. The molecule has 7 heteroatoms. The van der Waals surface area contributed by atoms with Crippen molar-refractivity contribution in [3.63, 3.8) is 0 Å². The molecule has 3 aromatic rings. The van der Waals surface area contributed by atoms with Crippen molar-refractivity contribution in [3.05, 3.63) is 71.0 Å². The molecule has 2 aromatic carbocycles. The Morgan fingerprint density at radius 2 is 1.87 bits per heavy atom. The highest BCUT2D eigenvalue weighted by molar-refractivity contribution is 6.30. The van der Waals surface area contributed by atoms with E-state index in [0.29, 0.717) is 48.0 Å². The van der Waals surface area contributed by atoms with Crippen molar-refractivity contribution in [1.82, 2.24) is 9.47 Å². The van der Waals surface area contributed by atoms with Crippen molar-refractivity contribution in [2.24, 2.45) is 0 Å². The molecule has 0 atom stereocenters. The summed E-state index contributed by atoms with van der Waals surface area (Å²) in [6.45, 7) is 1.14. The lowest BCUT2D eigenvalue weighted by Gasteiger charge is -2.45. The molecular formula is C24H23ClN2O4. The summed E-state index contributed by atoms with van der Waals surface area (Å²) in [5.41, 5.74) is 2.10. The molecule has 0 saturated carbocycles. The van der Waals surface area contributed by atoms with Crippen molar-refractivity contribution in [2.45, 2.75) is 18.4 Å². The zero-order valence-electron chi connectivity index (χ0n) is 17.4. The van der Waals surface area contributed by atoms with Crippen LogP contribution in [0, 0.1) is 0 Å². The van der Waals surface area contributed by atoms with E-state index in [9.17, 15) is 4.79 Å². The van der Waals surface area contributed by atoms with Gasteiger partial charge in [-0.2, -0.15) is 0 Å². The average molecular weight is 439 g/mol. The van der Waals surface area contributed by atoms with Crippen LogP contribution in [0.25, 0.3) is 5.69 Å². The SMILES string of the molecule is COc1ccc(OC)c(C(=O)N2CCC3(CC2)Oc2cc(Cl)ccc2-n2cccc23)c1. The molecule has 0 bridgehead atoms. The zero-order chi connectivity index (χ0) is 21.6. The average Bonchev–Trinajstić information content (AvgIpc) is 3.30. The molecule has 0 radical (unpaired) electrons. The predicted molar refractivity (Wildman–Crippen MR) is 118 cm³/mol. The molecule has 2 aliphatic heterocycles. The van der Waals surface area contributed by atoms with Crippen molar-refractivity contribution < 1.29 is 19.0 Å². The van der Waals surface area contributed by atoms with Gasteiger partial charge in [-0.15, -0.1) is 0 Å². The minimum atomic E-state index is -0.490. The lowest BCUT2D eigenvalue weighted by Crippen LogP contribution is -2.50. The number of amides is 1. The van der Waals surface area contributed by atoms with Crippen LogP contribution >= 0.6 is 11.6 Å². The number of halogens is 1. The monoisotopic (exact) mass is 438 g/mol. The Kier molecular flexibility index (Phi) is 4.82. The third kappa shape index (κ3) is 3.22. The van der Waals surface area contributed by atoms with Gasteiger partial charge in [0.2, 0.25) is 0 Å². The molecule has 31 heavy (non-hydrogen) atoms. The van der Waals surface area contributed by atoms with Gasteiger partial charge in [-0.1, -0.05) is 11.6 Å². The minimum absolute atomic E-state index is 0.0692. The number of fused-ring (bicyclic) bond motifs is 4. The Bertz CT molecular complexity index is 1150. The second kappa shape index (κ2) is 7.54. The molecule has 0 unspecified atom stereocenters. The summed E-state index contributed by atoms with van der Waals surface area (Å²) in [5.74, 6) is 1.86. The first-order valence-corrected chi connectivity index (χ1v) is 10.6. The highest BCUT2D eigenvalue weighted by atomic mass is 35.5. The Morgan fingerprint density at radius 1 is 1.06 bits per heavy atom. The van der Waals surface area contributed by atoms with Gasteiger partial charge >= 0.3 is 0 Å². The summed E-state index contributed by atoms with van der Waals surface area (Å²) in [5, 5.41) is 0.641. The first-order valence-electron chi connectivity index (χ1n) is 10.2. The lowest BCUT2D eigenvalue weighted by molar-refractivity contribution is -0.00936. The van der Waals surface area contributed by atoms with E-state index in [1.165, 1.54) is 0 Å². The quantitative estimate of drug-likeness (QED) is 0.596. The molecular weight excluding hydrogens is 416 g/mol. The molecule has 5 rings (SSSR count). The highest BCUT2D eigenvalue weighted by Gasteiger charge is 2.44. The van der Waals surface area contributed by atoms with Crippen molar-refractivity contribution >= 4 is 17.5 Å². The van der Waals surface area contributed by atoms with Gasteiger partial charge < -0.3 is 23.7 Å². The van der Waals surface area contributed by atoms with Crippen LogP contribution in [-0.2, 0) is 5.60 Å². The number of carbonyl (C=O) groups is 1. The second-order valence-corrected chi connectivity index (χ2v) is 8.27. The summed E-state index contributed by atoms with van der Waals surface area (Å²) in [7, 11) is 3.15. The smallest absolute Gasteiger partial charge is 0.257 e. The third-order valence-corrected chi connectivity index (χ3v) is 6.43. The van der Waals surface area contributed by atoms with Crippen LogP contribution in [0.15, 0.2) is 54.7 Å². The molecule has 1 aromatic heterocycles. The number of likely N-dealkylation sites (tertiary alicyclic amines) is 1. The predicted octanol–water partition coefficient (Wildman–Crippen LogP) is 4.67. The minimum Gasteiger partial charge on any atom is -0.497 e. The number of benzene rings is 2. The van der Waals surface area contributed by atoms with Gasteiger partial charge in [0.1, 0.15) is 17.2 Å². The van der Waals surface area contributed by atoms with E-state index in [1.807, 2.05) is 35.4 Å². The molecule has 3 heterocycles. The molecule has 6 nitrogen and oxygen atoms in total. The van der Waals surface area contributed by atoms with Crippen molar-refractivity contribution in [3.8, 4) is 22.9 Å². The van der Waals surface area contributed by atoms with Gasteiger partial charge in [0.25, 0.3) is 5.91 Å². The fourth-order valence-corrected chi connectivity index (χ4v) is 4.74. The summed E-state index contributed by atoms with van der Waals surface area (Å²) in [6, 6.07) is 15.1. The fraction of sp³-hybridized carbons (Fsp3) is 0.292. The first-order chi connectivity index (χ1) is 15.0. The molecule has 1 spiro atoms. The number of aromatic nitrogens is 1. The fourth-order valence-electron chi connectivity index (χ4n) is 4.57. The maximum atomic E-state index is 13.3. The van der Waals surface area contributed by atoms with Gasteiger partial charge in [0, 0.05) is 43.2 Å². The number of nitrogens with zero attached hydrogens (tertiary/aromatic N) is 2. The molecule has 0 aliphatic carbocycles. The number of rotatable bonds is 3. The van der Waals surface area contributed by atoms with E-state index in [1.54, 1.807) is 32.4 Å².